The maximum absolute atomic E-state index is 12.7. The molecule has 0 aliphatic carbocycles. The number of nitrogens with zero attached hydrogens (tertiary/aromatic N) is 2. The van der Waals surface area contributed by atoms with Crippen LogP contribution in [0, 0.1) is 10.1 Å². The van der Waals surface area contributed by atoms with Crippen LogP contribution in [0.5, 0.6) is 0 Å². The Kier molecular flexibility index (Phi) is 7.27. The molecule has 22 heavy (non-hydrogen) atoms. The summed E-state index contributed by atoms with van der Waals surface area (Å²) in [6.07, 6.45) is 2.74. The molecule has 1 saturated heterocycles. The molecule has 0 atom stereocenters. The summed E-state index contributed by atoms with van der Waals surface area (Å²) in [6.45, 7) is 4.54. The van der Waals surface area contributed by atoms with E-state index in [1.54, 1.807) is 12.1 Å². The molecule has 1 N–H and O–H groups in total. The Hall–Kier alpha value is -1.66. The van der Waals surface area contributed by atoms with E-state index in [0.717, 1.165) is 32.4 Å². The van der Waals surface area contributed by atoms with Crippen LogP contribution in [0.15, 0.2) is 24.3 Å². The van der Waals surface area contributed by atoms with Gasteiger partial charge in [-0.25, -0.2) is 0 Å². The fourth-order valence-electron chi connectivity index (χ4n) is 2.73. The Labute approximate surface area is 136 Å². The zero-order valence-electron chi connectivity index (χ0n) is 12.7. The molecule has 122 valence electrons. The van der Waals surface area contributed by atoms with Gasteiger partial charge in [-0.05, 0) is 38.4 Å². The number of nitro benzene ring substituents is 1. The van der Waals surface area contributed by atoms with Gasteiger partial charge in [0.15, 0.2) is 0 Å². The van der Waals surface area contributed by atoms with E-state index in [0.29, 0.717) is 12.1 Å². The third-order valence-electron chi connectivity index (χ3n) is 3.78. The number of nitro groups is 1. The number of carbonyl (C=O) groups is 1. The van der Waals surface area contributed by atoms with Crippen molar-refractivity contribution in [1.82, 2.24) is 10.2 Å². The van der Waals surface area contributed by atoms with Crippen molar-refractivity contribution in [2.24, 2.45) is 0 Å². The van der Waals surface area contributed by atoms with Gasteiger partial charge in [0.1, 0.15) is 0 Å². The summed E-state index contributed by atoms with van der Waals surface area (Å²) in [5.74, 6) is -0.104. The Bertz CT molecular complexity index is 519. The first-order chi connectivity index (χ1) is 10.1. The Balaban J connectivity index is 0.00000242. The standard InChI is InChI=1S/C15H21N3O3.ClH/c1-2-10-17(13-6-8-16-9-7-13)15(19)12-4-3-5-14(11-12)18(20)21;/h3-5,11,13,16H,2,6-10H2,1H3;1H. The quantitative estimate of drug-likeness (QED) is 0.666. The fraction of sp³-hybridized carbons (Fsp3) is 0.533. The molecular formula is C15H22ClN3O3. The van der Waals surface area contributed by atoms with Crippen molar-refractivity contribution in [3.63, 3.8) is 0 Å². The maximum Gasteiger partial charge on any atom is 0.270 e. The second-order valence-corrected chi connectivity index (χ2v) is 5.29. The highest BCUT2D eigenvalue weighted by Gasteiger charge is 2.26. The van der Waals surface area contributed by atoms with Crippen molar-refractivity contribution in [2.75, 3.05) is 19.6 Å². The fourth-order valence-corrected chi connectivity index (χ4v) is 2.73. The first-order valence-electron chi connectivity index (χ1n) is 7.39. The summed E-state index contributed by atoms with van der Waals surface area (Å²) in [6, 6.07) is 6.21. The van der Waals surface area contributed by atoms with Crippen molar-refractivity contribution < 1.29 is 9.72 Å². The Morgan fingerprint density at radius 3 is 2.68 bits per heavy atom. The summed E-state index contributed by atoms with van der Waals surface area (Å²) in [7, 11) is 0. The SMILES string of the molecule is CCCN(C(=O)c1cccc([N+](=O)[O-])c1)C1CCNCC1.Cl. The molecule has 0 radical (unpaired) electrons. The van der Waals surface area contributed by atoms with Crippen LogP contribution >= 0.6 is 12.4 Å². The van der Waals surface area contributed by atoms with Crippen LogP contribution in [-0.2, 0) is 0 Å². The van der Waals surface area contributed by atoms with Crippen LogP contribution in [0.4, 0.5) is 5.69 Å². The number of carbonyl (C=O) groups excluding carboxylic acids is 1. The average Bonchev–Trinajstić information content (AvgIpc) is 2.53. The molecule has 0 saturated carbocycles. The summed E-state index contributed by atoms with van der Waals surface area (Å²) >= 11 is 0. The Morgan fingerprint density at radius 1 is 1.41 bits per heavy atom. The van der Waals surface area contributed by atoms with E-state index in [2.05, 4.69) is 5.32 Å². The molecular weight excluding hydrogens is 306 g/mol. The lowest BCUT2D eigenvalue weighted by Crippen LogP contribution is -2.46. The molecule has 2 rings (SSSR count). The normalized spacial score (nSPS) is 15.0. The topological polar surface area (TPSA) is 75.5 Å². The lowest BCUT2D eigenvalue weighted by Gasteiger charge is -2.34. The van der Waals surface area contributed by atoms with E-state index >= 15 is 0 Å². The highest BCUT2D eigenvalue weighted by molar-refractivity contribution is 5.95. The molecule has 7 heteroatoms. The van der Waals surface area contributed by atoms with E-state index < -0.39 is 4.92 Å². The molecule has 6 nitrogen and oxygen atoms in total. The Morgan fingerprint density at radius 2 is 2.09 bits per heavy atom. The van der Waals surface area contributed by atoms with Gasteiger partial charge in [-0.15, -0.1) is 12.4 Å². The lowest BCUT2D eigenvalue weighted by atomic mass is 10.0. The van der Waals surface area contributed by atoms with Crippen molar-refractivity contribution in [1.29, 1.82) is 0 Å². The maximum atomic E-state index is 12.7. The molecule has 1 aromatic rings. The van der Waals surface area contributed by atoms with Gasteiger partial charge < -0.3 is 10.2 Å². The second-order valence-electron chi connectivity index (χ2n) is 5.29. The van der Waals surface area contributed by atoms with Gasteiger partial charge in [0.2, 0.25) is 0 Å². The number of piperidine rings is 1. The van der Waals surface area contributed by atoms with Gasteiger partial charge in [-0.2, -0.15) is 0 Å². The predicted octanol–water partition coefficient (Wildman–Crippen LogP) is 2.62. The predicted molar refractivity (Wildman–Crippen MR) is 87.6 cm³/mol. The van der Waals surface area contributed by atoms with Crippen LogP contribution in [0.1, 0.15) is 36.5 Å². The number of non-ortho nitro benzene ring substituents is 1. The van der Waals surface area contributed by atoms with E-state index in [1.807, 2.05) is 11.8 Å². The van der Waals surface area contributed by atoms with Crippen LogP contribution in [0.3, 0.4) is 0 Å². The molecule has 0 aromatic heterocycles. The van der Waals surface area contributed by atoms with E-state index in [4.69, 9.17) is 0 Å². The number of rotatable bonds is 5. The average molecular weight is 328 g/mol. The van der Waals surface area contributed by atoms with E-state index in [-0.39, 0.29) is 30.0 Å². The van der Waals surface area contributed by atoms with Crippen molar-refractivity contribution in [3.8, 4) is 0 Å². The highest BCUT2D eigenvalue weighted by atomic mass is 35.5. The number of hydrogen-bond donors (Lipinski definition) is 1. The largest absolute Gasteiger partial charge is 0.336 e. The zero-order valence-corrected chi connectivity index (χ0v) is 13.5. The monoisotopic (exact) mass is 327 g/mol. The van der Waals surface area contributed by atoms with Gasteiger partial charge in [0.05, 0.1) is 4.92 Å². The van der Waals surface area contributed by atoms with Crippen LogP contribution in [-0.4, -0.2) is 41.4 Å². The number of hydrogen-bond acceptors (Lipinski definition) is 4. The molecule has 1 heterocycles. The van der Waals surface area contributed by atoms with Crippen molar-refractivity contribution >= 4 is 24.0 Å². The summed E-state index contributed by atoms with van der Waals surface area (Å²) in [5, 5.41) is 14.1. The zero-order chi connectivity index (χ0) is 15.2. The number of nitrogens with one attached hydrogen (secondary N) is 1. The molecule has 1 aliphatic heterocycles. The van der Waals surface area contributed by atoms with Crippen molar-refractivity contribution in [2.45, 2.75) is 32.2 Å². The molecule has 1 aliphatic rings. The molecule has 1 amide bonds. The van der Waals surface area contributed by atoms with Crippen LogP contribution in [0.2, 0.25) is 0 Å². The highest BCUT2D eigenvalue weighted by Crippen LogP contribution is 2.19. The molecule has 0 unspecified atom stereocenters. The van der Waals surface area contributed by atoms with Gasteiger partial charge in [0.25, 0.3) is 11.6 Å². The smallest absolute Gasteiger partial charge is 0.270 e. The summed E-state index contributed by atoms with van der Waals surface area (Å²) < 4.78 is 0. The van der Waals surface area contributed by atoms with E-state index in [9.17, 15) is 14.9 Å². The minimum absolute atomic E-state index is 0. The number of amides is 1. The van der Waals surface area contributed by atoms with Crippen LogP contribution < -0.4 is 5.32 Å². The molecule has 1 aromatic carbocycles. The van der Waals surface area contributed by atoms with Crippen molar-refractivity contribution in [3.05, 3.63) is 39.9 Å². The van der Waals surface area contributed by atoms with Crippen LogP contribution in [0.25, 0.3) is 0 Å². The molecule has 0 bridgehead atoms. The van der Waals surface area contributed by atoms with Gasteiger partial charge >= 0.3 is 0 Å². The van der Waals surface area contributed by atoms with Gasteiger partial charge in [-0.1, -0.05) is 13.0 Å². The third-order valence-corrected chi connectivity index (χ3v) is 3.78. The van der Waals surface area contributed by atoms with Gasteiger partial charge in [-0.3, -0.25) is 14.9 Å². The first kappa shape index (κ1) is 18.4. The summed E-state index contributed by atoms with van der Waals surface area (Å²) in [4.78, 5) is 24.9. The molecule has 1 fully saturated rings. The number of halogens is 1. The van der Waals surface area contributed by atoms with Gasteiger partial charge in [0, 0.05) is 30.3 Å². The minimum atomic E-state index is -0.467. The number of benzene rings is 1. The summed E-state index contributed by atoms with van der Waals surface area (Å²) in [5.41, 5.74) is 0.360. The minimum Gasteiger partial charge on any atom is -0.336 e. The lowest BCUT2D eigenvalue weighted by molar-refractivity contribution is -0.384. The second kappa shape index (κ2) is 8.70. The third kappa shape index (κ3) is 4.42. The van der Waals surface area contributed by atoms with E-state index in [1.165, 1.54) is 12.1 Å². The first-order valence-corrected chi connectivity index (χ1v) is 7.39. The molecule has 0 spiro atoms.